The number of benzene rings is 2. The molecule has 0 saturated carbocycles. The van der Waals surface area contributed by atoms with Gasteiger partial charge in [0.2, 0.25) is 5.91 Å². The molecule has 0 unspecified atom stereocenters. The highest BCUT2D eigenvalue weighted by Gasteiger charge is 2.51. The van der Waals surface area contributed by atoms with Crippen LogP contribution in [0.3, 0.4) is 0 Å². The highest BCUT2D eigenvalue weighted by atomic mass is 32.2. The average molecular weight is 408 g/mol. The zero-order valence-corrected chi connectivity index (χ0v) is 16.9. The van der Waals surface area contributed by atoms with Gasteiger partial charge in [-0.3, -0.25) is 9.69 Å². The van der Waals surface area contributed by atoms with Crippen LogP contribution in [0.15, 0.2) is 59.1 Å². The van der Waals surface area contributed by atoms with Crippen LogP contribution < -0.4 is 9.47 Å². The van der Waals surface area contributed by atoms with Gasteiger partial charge < -0.3 is 14.6 Å². The van der Waals surface area contributed by atoms with Crippen molar-refractivity contribution in [1.82, 2.24) is 4.90 Å². The number of hydrogen-bond acceptors (Lipinski definition) is 6. The van der Waals surface area contributed by atoms with E-state index in [-0.39, 0.29) is 24.0 Å². The summed E-state index contributed by atoms with van der Waals surface area (Å²) in [5, 5.41) is 21.9. The third-order valence-corrected chi connectivity index (χ3v) is 6.58. The van der Waals surface area contributed by atoms with Crippen LogP contribution in [0.4, 0.5) is 0 Å². The van der Waals surface area contributed by atoms with Gasteiger partial charge in [-0.15, -0.1) is 11.8 Å². The Balaban J connectivity index is 1.77. The van der Waals surface area contributed by atoms with Crippen molar-refractivity contribution < 1.29 is 19.4 Å². The summed E-state index contributed by atoms with van der Waals surface area (Å²) in [5.74, 6) is 1.03. The lowest BCUT2D eigenvalue weighted by atomic mass is 9.85. The highest BCUT2D eigenvalue weighted by molar-refractivity contribution is 8.03. The number of hydrogen-bond donors (Lipinski definition) is 1. The number of fused-ring (bicyclic) bond motifs is 1. The van der Waals surface area contributed by atoms with Gasteiger partial charge in [0.1, 0.15) is 11.5 Å². The number of ether oxygens (including phenoxy) is 2. The van der Waals surface area contributed by atoms with E-state index in [1.54, 1.807) is 38.5 Å². The lowest BCUT2D eigenvalue weighted by Crippen LogP contribution is -2.48. The Morgan fingerprint density at radius 1 is 1.17 bits per heavy atom. The molecule has 1 fully saturated rings. The van der Waals surface area contributed by atoms with Gasteiger partial charge in [0.05, 0.1) is 36.6 Å². The minimum Gasteiger partial charge on any atom is -0.497 e. The SMILES string of the molecule is COc1ccc([C@@]2(O)CSC3=C(C#N)[C@H](c4cccc(OC)c4)CC(=O)N32)cc1. The molecule has 2 aromatic carbocycles. The van der Waals surface area contributed by atoms with Gasteiger partial charge in [0.25, 0.3) is 0 Å². The van der Waals surface area contributed by atoms with Crippen LogP contribution in [0, 0.1) is 11.3 Å². The molecule has 1 amide bonds. The van der Waals surface area contributed by atoms with Crippen LogP contribution in [0.5, 0.6) is 11.5 Å². The Bertz CT molecular complexity index is 1030. The third kappa shape index (κ3) is 3.15. The van der Waals surface area contributed by atoms with Crippen molar-refractivity contribution in [1.29, 1.82) is 5.26 Å². The summed E-state index contributed by atoms with van der Waals surface area (Å²) >= 11 is 1.33. The molecule has 0 aliphatic carbocycles. The topological polar surface area (TPSA) is 82.8 Å². The van der Waals surface area contributed by atoms with Crippen LogP contribution >= 0.6 is 11.8 Å². The summed E-state index contributed by atoms with van der Waals surface area (Å²) in [4.78, 5) is 14.5. The zero-order valence-electron chi connectivity index (χ0n) is 16.1. The van der Waals surface area contributed by atoms with Gasteiger partial charge in [0, 0.05) is 17.9 Å². The number of amides is 1. The standard InChI is InChI=1S/C22H20N2O4S/c1-27-16-8-6-15(7-9-16)22(26)13-29-21-19(12-23)18(11-20(25)24(21)22)14-4-3-5-17(10-14)28-2/h3-10,18,26H,11,13H2,1-2H3/t18-,22-/m0/s1. The molecule has 6 nitrogen and oxygen atoms in total. The molecule has 2 aliphatic heterocycles. The summed E-state index contributed by atoms with van der Waals surface area (Å²) in [6, 6.07) is 16.7. The maximum Gasteiger partial charge on any atom is 0.231 e. The highest BCUT2D eigenvalue weighted by Crippen LogP contribution is 2.51. The second-order valence-corrected chi connectivity index (χ2v) is 7.89. The fraction of sp³-hybridized carbons (Fsp3) is 0.273. The summed E-state index contributed by atoms with van der Waals surface area (Å²) in [5.41, 5.74) is 0.436. The Labute approximate surface area is 173 Å². The summed E-state index contributed by atoms with van der Waals surface area (Å²) in [6.45, 7) is 0. The van der Waals surface area contributed by atoms with Gasteiger partial charge in [-0.2, -0.15) is 5.26 Å². The second-order valence-electron chi connectivity index (χ2n) is 6.93. The first kappa shape index (κ1) is 19.4. The van der Waals surface area contributed by atoms with Gasteiger partial charge in [-0.25, -0.2) is 0 Å². The van der Waals surface area contributed by atoms with Gasteiger partial charge >= 0.3 is 0 Å². The molecule has 2 aromatic rings. The Morgan fingerprint density at radius 2 is 1.90 bits per heavy atom. The van der Waals surface area contributed by atoms with Gasteiger partial charge in [0.15, 0.2) is 5.72 Å². The average Bonchev–Trinajstić information content (AvgIpc) is 3.13. The second kappa shape index (κ2) is 7.47. The Morgan fingerprint density at radius 3 is 2.55 bits per heavy atom. The van der Waals surface area contributed by atoms with E-state index in [4.69, 9.17) is 9.47 Å². The molecular formula is C22H20N2O4S. The fourth-order valence-electron chi connectivity index (χ4n) is 3.84. The first-order valence-electron chi connectivity index (χ1n) is 9.13. The van der Waals surface area contributed by atoms with Crippen molar-refractivity contribution in [3.63, 3.8) is 0 Å². The lowest BCUT2D eigenvalue weighted by molar-refractivity contribution is -0.149. The van der Waals surface area contributed by atoms with Crippen LogP contribution in [-0.4, -0.2) is 35.9 Å². The molecule has 0 radical (unpaired) electrons. The monoisotopic (exact) mass is 408 g/mol. The number of nitriles is 1. The first-order valence-corrected chi connectivity index (χ1v) is 10.1. The van der Waals surface area contributed by atoms with E-state index in [0.717, 1.165) is 5.56 Å². The molecule has 0 aromatic heterocycles. The molecule has 0 spiro atoms. The molecule has 1 saturated heterocycles. The molecule has 1 N–H and O–H groups in total. The molecule has 29 heavy (non-hydrogen) atoms. The molecule has 0 bridgehead atoms. The van der Waals surface area contributed by atoms with E-state index in [9.17, 15) is 15.2 Å². The van der Waals surface area contributed by atoms with Gasteiger partial charge in [-0.05, 0) is 29.8 Å². The van der Waals surface area contributed by atoms with E-state index in [2.05, 4.69) is 6.07 Å². The number of carbonyl (C=O) groups excluding carboxylic acids is 1. The fourth-order valence-corrected chi connectivity index (χ4v) is 5.20. The molecule has 2 atom stereocenters. The van der Waals surface area contributed by atoms with E-state index in [1.165, 1.54) is 16.7 Å². The smallest absolute Gasteiger partial charge is 0.231 e. The third-order valence-electron chi connectivity index (χ3n) is 5.36. The predicted molar refractivity (Wildman–Crippen MR) is 109 cm³/mol. The summed E-state index contributed by atoms with van der Waals surface area (Å²) < 4.78 is 10.5. The number of nitrogens with zero attached hydrogens (tertiary/aromatic N) is 2. The minimum absolute atomic E-state index is 0.110. The lowest BCUT2D eigenvalue weighted by Gasteiger charge is -2.38. The Kier molecular flexibility index (Phi) is 4.99. The van der Waals surface area contributed by atoms with Crippen molar-refractivity contribution in [2.24, 2.45) is 0 Å². The van der Waals surface area contributed by atoms with E-state index in [1.807, 2.05) is 24.3 Å². The maximum atomic E-state index is 13.1. The van der Waals surface area contributed by atoms with Crippen molar-refractivity contribution in [3.8, 4) is 17.6 Å². The number of allylic oxidation sites excluding steroid dienone is 1. The molecule has 7 heteroatoms. The van der Waals surface area contributed by atoms with Gasteiger partial charge in [-0.1, -0.05) is 24.3 Å². The summed E-state index contributed by atoms with van der Waals surface area (Å²) in [7, 11) is 3.15. The minimum atomic E-state index is -1.50. The predicted octanol–water partition coefficient (Wildman–Crippen LogP) is 3.35. The number of methoxy groups -OCH3 is 2. The molecule has 2 aliphatic rings. The quantitative estimate of drug-likeness (QED) is 0.835. The number of carbonyl (C=O) groups is 1. The summed E-state index contributed by atoms with van der Waals surface area (Å²) in [6.07, 6.45) is 0.110. The molecular weight excluding hydrogens is 388 g/mol. The van der Waals surface area contributed by atoms with E-state index < -0.39 is 5.72 Å². The molecule has 2 heterocycles. The van der Waals surface area contributed by atoms with Crippen molar-refractivity contribution in [2.75, 3.05) is 20.0 Å². The normalized spacial score (nSPS) is 23.6. The number of aliphatic hydroxyl groups is 1. The Hall–Kier alpha value is -2.95. The van der Waals surface area contributed by atoms with E-state index >= 15 is 0 Å². The maximum absolute atomic E-state index is 13.1. The van der Waals surface area contributed by atoms with Crippen molar-refractivity contribution in [3.05, 3.63) is 70.3 Å². The number of thioether (sulfide) groups is 1. The van der Waals surface area contributed by atoms with Crippen LogP contribution in [0.25, 0.3) is 0 Å². The molecule has 4 rings (SSSR count). The number of rotatable bonds is 4. The van der Waals surface area contributed by atoms with Crippen LogP contribution in [0.1, 0.15) is 23.5 Å². The van der Waals surface area contributed by atoms with Crippen molar-refractivity contribution in [2.45, 2.75) is 18.1 Å². The zero-order chi connectivity index (χ0) is 20.6. The first-order chi connectivity index (χ1) is 14.0. The van der Waals surface area contributed by atoms with Crippen LogP contribution in [-0.2, 0) is 10.5 Å². The van der Waals surface area contributed by atoms with Crippen LogP contribution in [0.2, 0.25) is 0 Å². The van der Waals surface area contributed by atoms with E-state index in [0.29, 0.717) is 27.7 Å². The van der Waals surface area contributed by atoms with Crippen molar-refractivity contribution >= 4 is 17.7 Å². The molecule has 148 valence electrons. The largest absolute Gasteiger partial charge is 0.497 e.